The molecule has 0 spiro atoms. The van der Waals surface area contributed by atoms with Crippen LogP contribution in [0.4, 0.5) is 22.8 Å². The number of carbonyl (C=O) groups is 3. The summed E-state index contributed by atoms with van der Waals surface area (Å²) in [5.74, 6) is -0.781. The number of hydrogen-bond donors (Lipinski definition) is 1. The second kappa shape index (κ2) is 12.2. The van der Waals surface area contributed by atoms with Crippen LogP contribution in [0.2, 0.25) is 0 Å². The Morgan fingerprint density at radius 2 is 1.82 bits per heavy atom. The average molecular weight is 567 g/mol. The first-order valence-corrected chi connectivity index (χ1v) is 12.3. The van der Waals surface area contributed by atoms with Crippen molar-refractivity contribution in [2.24, 2.45) is 0 Å². The number of ether oxygens (including phenoxy) is 4. The molecule has 1 fully saturated rings. The van der Waals surface area contributed by atoms with E-state index in [9.17, 15) is 27.6 Å². The number of alkyl carbamates (subject to hydrolysis) is 1. The zero-order valence-electron chi connectivity index (χ0n) is 22.1. The van der Waals surface area contributed by atoms with Crippen molar-refractivity contribution in [1.29, 1.82) is 0 Å². The number of rotatable bonds is 7. The van der Waals surface area contributed by atoms with E-state index in [1.165, 1.54) is 25.3 Å². The predicted octanol–water partition coefficient (Wildman–Crippen LogP) is 3.94. The maximum absolute atomic E-state index is 14.5. The van der Waals surface area contributed by atoms with E-state index >= 15 is 0 Å². The highest BCUT2D eigenvalue weighted by Crippen LogP contribution is 2.42. The average Bonchev–Trinajstić information content (AvgIpc) is 3.41. The van der Waals surface area contributed by atoms with Gasteiger partial charge in [0.1, 0.15) is 17.5 Å². The van der Waals surface area contributed by atoms with Gasteiger partial charge in [0.15, 0.2) is 10.7 Å². The first-order chi connectivity index (χ1) is 17.5. The van der Waals surface area contributed by atoms with E-state index < -0.39 is 59.8 Å². The molecular formula is C23H33F3N4O7S. The second-order valence-electron chi connectivity index (χ2n) is 9.31. The summed E-state index contributed by atoms with van der Waals surface area (Å²) in [6, 6.07) is 2.81. The van der Waals surface area contributed by atoms with E-state index in [2.05, 4.69) is 5.32 Å². The van der Waals surface area contributed by atoms with Crippen molar-refractivity contribution in [2.75, 3.05) is 31.3 Å². The fourth-order valence-electron chi connectivity index (χ4n) is 3.71. The minimum atomic E-state index is -4.90. The number of carbonyl (C=O) groups excluding carboxylic acids is 3. The van der Waals surface area contributed by atoms with Gasteiger partial charge in [-0.1, -0.05) is 0 Å². The highest BCUT2D eigenvalue weighted by molar-refractivity contribution is 7.80. The number of halogens is 3. The summed E-state index contributed by atoms with van der Waals surface area (Å²) in [5, 5.41) is 2.82. The summed E-state index contributed by atoms with van der Waals surface area (Å²) in [7, 11) is 0. The third-order valence-corrected chi connectivity index (χ3v) is 5.57. The van der Waals surface area contributed by atoms with Crippen molar-refractivity contribution < 1.29 is 46.5 Å². The van der Waals surface area contributed by atoms with Crippen LogP contribution in [0, 0.1) is 0 Å². The lowest BCUT2D eigenvalue weighted by Crippen LogP contribution is -2.60. The van der Waals surface area contributed by atoms with Crippen molar-refractivity contribution in [3.05, 3.63) is 24.0 Å². The topological polar surface area (TPSA) is 112 Å². The van der Waals surface area contributed by atoms with Gasteiger partial charge in [-0.25, -0.2) is 24.1 Å². The second-order valence-corrected chi connectivity index (χ2v) is 9.70. The SMILES string of the molecule is CCOC(=O)NC(=S)N(C(C)OC1(C(F)(F)F)CCN(C(=O)OC(C)(C)C)C1)n1cccc1C(=O)OCC. The summed E-state index contributed by atoms with van der Waals surface area (Å²) in [5.41, 5.74) is -3.79. The Labute approximate surface area is 224 Å². The largest absolute Gasteiger partial charge is 0.461 e. The third-order valence-electron chi connectivity index (χ3n) is 5.28. The first-order valence-electron chi connectivity index (χ1n) is 11.9. The zero-order chi connectivity index (χ0) is 28.9. The van der Waals surface area contributed by atoms with Gasteiger partial charge in [0.25, 0.3) is 0 Å². The Morgan fingerprint density at radius 3 is 2.37 bits per heavy atom. The fraction of sp³-hybridized carbons (Fsp3) is 0.652. The number of amides is 2. The van der Waals surface area contributed by atoms with Crippen molar-refractivity contribution in [3.63, 3.8) is 0 Å². The maximum atomic E-state index is 14.5. The Kier molecular flexibility index (Phi) is 10.00. The quantitative estimate of drug-likeness (QED) is 0.227. The smallest absolute Gasteiger partial charge is 0.419 e. The van der Waals surface area contributed by atoms with Crippen LogP contribution in [0.15, 0.2) is 18.3 Å². The summed E-state index contributed by atoms with van der Waals surface area (Å²) in [4.78, 5) is 37.9. The van der Waals surface area contributed by atoms with Gasteiger partial charge in [-0.15, -0.1) is 0 Å². The molecule has 1 aromatic heterocycles. The number of nitrogens with one attached hydrogen (secondary N) is 1. The minimum absolute atomic E-state index is 0.00970. The van der Waals surface area contributed by atoms with Crippen molar-refractivity contribution in [3.8, 4) is 0 Å². The zero-order valence-corrected chi connectivity index (χ0v) is 22.9. The highest BCUT2D eigenvalue weighted by atomic mass is 32.1. The monoisotopic (exact) mass is 566 g/mol. The molecule has 0 bridgehead atoms. The molecular weight excluding hydrogens is 533 g/mol. The number of nitrogens with zero attached hydrogens (tertiary/aromatic N) is 3. The minimum Gasteiger partial charge on any atom is -0.461 e. The third kappa shape index (κ3) is 7.49. The molecule has 38 heavy (non-hydrogen) atoms. The lowest BCUT2D eigenvalue weighted by Gasteiger charge is -2.39. The Hall–Kier alpha value is -3.07. The molecule has 0 saturated carbocycles. The molecule has 2 rings (SSSR count). The molecule has 11 nitrogen and oxygen atoms in total. The van der Waals surface area contributed by atoms with Gasteiger partial charge >= 0.3 is 24.3 Å². The molecule has 0 aliphatic carbocycles. The standard InChI is InChI=1S/C23H33F3N4O7S/c1-7-34-17(31)16-10-9-12-29(16)30(18(38)27-19(32)35-8-2)15(3)36-22(23(24,25)26)11-13-28(14-22)20(33)37-21(4,5)6/h9-10,12,15H,7-8,11,13-14H2,1-6H3,(H,27,32,38). The molecule has 1 aliphatic rings. The molecule has 1 aromatic rings. The molecule has 0 radical (unpaired) electrons. The summed E-state index contributed by atoms with van der Waals surface area (Å²) >= 11 is 5.29. The van der Waals surface area contributed by atoms with Crippen molar-refractivity contribution in [2.45, 2.75) is 71.6 Å². The van der Waals surface area contributed by atoms with Crippen LogP contribution >= 0.6 is 12.2 Å². The van der Waals surface area contributed by atoms with Gasteiger partial charge in [0.2, 0.25) is 0 Å². The number of hydrogen-bond acceptors (Lipinski definition) is 8. The van der Waals surface area contributed by atoms with Crippen molar-refractivity contribution in [1.82, 2.24) is 14.9 Å². The van der Waals surface area contributed by atoms with Crippen LogP contribution in [-0.4, -0.2) is 82.8 Å². The first kappa shape index (κ1) is 31.1. The van der Waals surface area contributed by atoms with E-state index in [0.717, 1.165) is 14.6 Å². The van der Waals surface area contributed by atoms with E-state index in [1.54, 1.807) is 34.6 Å². The highest BCUT2D eigenvalue weighted by Gasteiger charge is 2.61. The van der Waals surface area contributed by atoms with Crippen LogP contribution < -0.4 is 10.3 Å². The lowest BCUT2D eigenvalue weighted by molar-refractivity contribution is -0.283. The van der Waals surface area contributed by atoms with Gasteiger partial charge in [-0.05, 0) is 65.9 Å². The molecule has 2 unspecified atom stereocenters. The van der Waals surface area contributed by atoms with Crippen LogP contribution in [0.1, 0.15) is 58.5 Å². The lowest BCUT2D eigenvalue weighted by atomic mass is 10.0. The van der Waals surface area contributed by atoms with E-state index in [4.69, 9.17) is 31.2 Å². The van der Waals surface area contributed by atoms with Crippen molar-refractivity contribution >= 4 is 35.5 Å². The molecule has 2 atom stereocenters. The van der Waals surface area contributed by atoms with Crippen LogP contribution in [0.25, 0.3) is 0 Å². The van der Waals surface area contributed by atoms with Crippen LogP contribution in [0.3, 0.4) is 0 Å². The van der Waals surface area contributed by atoms with E-state index in [-0.39, 0.29) is 25.5 Å². The van der Waals surface area contributed by atoms with Gasteiger partial charge < -0.3 is 23.8 Å². The maximum Gasteiger partial charge on any atom is 0.419 e. The molecule has 1 saturated heterocycles. The predicted molar refractivity (Wildman–Crippen MR) is 133 cm³/mol. The van der Waals surface area contributed by atoms with Gasteiger partial charge in [0, 0.05) is 19.2 Å². The number of alkyl halides is 3. The van der Waals surface area contributed by atoms with Gasteiger partial charge in [-0.2, -0.15) is 13.2 Å². The fourth-order valence-corrected chi connectivity index (χ4v) is 4.03. The molecule has 2 heterocycles. The number of aromatic nitrogens is 1. The summed E-state index contributed by atoms with van der Waals surface area (Å²) in [6.45, 7) is 8.15. The molecule has 1 N–H and O–H groups in total. The van der Waals surface area contributed by atoms with E-state index in [1.807, 2.05) is 0 Å². The Bertz CT molecular complexity index is 1030. The number of likely N-dealkylation sites (tertiary alicyclic amines) is 1. The normalized spacial score (nSPS) is 18.5. The molecule has 0 aromatic carbocycles. The van der Waals surface area contributed by atoms with Crippen LogP contribution in [-0.2, 0) is 18.9 Å². The molecule has 15 heteroatoms. The molecule has 2 amide bonds. The van der Waals surface area contributed by atoms with Crippen LogP contribution in [0.5, 0.6) is 0 Å². The number of thiocarbonyl (C=S) groups is 1. The van der Waals surface area contributed by atoms with Gasteiger partial charge in [-0.3, -0.25) is 5.32 Å². The van der Waals surface area contributed by atoms with Gasteiger partial charge in [0.05, 0.1) is 19.8 Å². The Balaban J connectivity index is 2.43. The summed E-state index contributed by atoms with van der Waals surface area (Å²) < 4.78 is 65.1. The number of esters is 1. The molecule has 1 aliphatic heterocycles. The summed E-state index contributed by atoms with van der Waals surface area (Å²) in [6.07, 6.45) is -7.52. The molecule has 214 valence electrons. The van der Waals surface area contributed by atoms with E-state index in [0.29, 0.717) is 0 Å². The Morgan fingerprint density at radius 1 is 1.18 bits per heavy atom.